The highest BCUT2D eigenvalue weighted by Gasteiger charge is 2.43. The minimum Gasteiger partial charge on any atom is -0.351 e. The molecule has 0 aliphatic heterocycles. The van der Waals surface area contributed by atoms with Crippen LogP contribution in [0.1, 0.15) is 31.9 Å². The smallest absolute Gasteiger partial charge is 0.351 e. The second kappa shape index (κ2) is 7.02. The predicted octanol–water partition coefficient (Wildman–Crippen LogP) is 2.50. The maximum atomic E-state index is 12.3. The quantitative estimate of drug-likeness (QED) is 0.871. The molecular formula is C16H21F3N2O2. The molecule has 0 saturated carbocycles. The van der Waals surface area contributed by atoms with Crippen LogP contribution in [0.2, 0.25) is 0 Å². The molecule has 23 heavy (non-hydrogen) atoms. The first kappa shape index (κ1) is 19.0. The molecule has 0 radical (unpaired) electrons. The van der Waals surface area contributed by atoms with E-state index >= 15 is 0 Å². The molecule has 0 aliphatic carbocycles. The Labute approximate surface area is 133 Å². The number of nitrogens with one attached hydrogen (secondary N) is 2. The van der Waals surface area contributed by atoms with Gasteiger partial charge in [0.1, 0.15) is 5.54 Å². The summed E-state index contributed by atoms with van der Waals surface area (Å²) in [5.41, 5.74) is 0.447. The highest BCUT2D eigenvalue weighted by atomic mass is 19.4. The zero-order chi connectivity index (χ0) is 17.8. The van der Waals surface area contributed by atoms with Gasteiger partial charge >= 0.3 is 12.1 Å². The van der Waals surface area contributed by atoms with Gasteiger partial charge in [0.15, 0.2) is 0 Å². The Kier molecular flexibility index (Phi) is 5.80. The van der Waals surface area contributed by atoms with Crippen molar-refractivity contribution in [3.8, 4) is 0 Å². The number of hydrogen-bond donors (Lipinski definition) is 2. The molecule has 2 amide bonds. The highest BCUT2D eigenvalue weighted by molar-refractivity contribution is 5.92. The molecule has 1 aromatic rings. The van der Waals surface area contributed by atoms with Crippen LogP contribution in [0.3, 0.4) is 0 Å². The van der Waals surface area contributed by atoms with Crippen molar-refractivity contribution in [3.63, 3.8) is 0 Å². The molecule has 1 atom stereocenters. The number of rotatable bonds is 5. The third-order valence-electron chi connectivity index (χ3n) is 3.42. The minimum absolute atomic E-state index is 0.286. The number of carbonyl (C=O) groups is 2. The van der Waals surface area contributed by atoms with E-state index in [-0.39, 0.29) is 6.04 Å². The van der Waals surface area contributed by atoms with E-state index in [0.717, 1.165) is 11.1 Å². The van der Waals surface area contributed by atoms with E-state index in [1.54, 1.807) is 12.2 Å². The normalized spacial score (nSPS) is 13.3. The SMILES string of the molecule is Cc1ccccc1C[C@H](C)NC(=O)C(C)(C)NC(=O)C(F)(F)F. The van der Waals surface area contributed by atoms with E-state index in [2.05, 4.69) is 5.32 Å². The second-order valence-corrected chi connectivity index (χ2v) is 6.08. The average molecular weight is 330 g/mol. The Morgan fingerprint density at radius 2 is 1.70 bits per heavy atom. The fourth-order valence-electron chi connectivity index (χ4n) is 2.04. The van der Waals surface area contributed by atoms with Crippen molar-refractivity contribution in [2.45, 2.75) is 51.9 Å². The first-order chi connectivity index (χ1) is 10.4. The lowest BCUT2D eigenvalue weighted by molar-refractivity contribution is -0.176. The van der Waals surface area contributed by atoms with Crippen LogP contribution in [0, 0.1) is 6.92 Å². The molecule has 0 aliphatic rings. The Bertz CT molecular complexity index is 583. The molecule has 7 heteroatoms. The van der Waals surface area contributed by atoms with Crippen LogP contribution in [-0.2, 0) is 16.0 Å². The third-order valence-corrected chi connectivity index (χ3v) is 3.42. The summed E-state index contributed by atoms with van der Waals surface area (Å²) in [6, 6.07) is 7.36. The number of amides is 2. The van der Waals surface area contributed by atoms with E-state index in [4.69, 9.17) is 0 Å². The lowest BCUT2D eigenvalue weighted by Gasteiger charge is -2.27. The van der Waals surface area contributed by atoms with Crippen molar-refractivity contribution in [1.82, 2.24) is 10.6 Å². The fourth-order valence-corrected chi connectivity index (χ4v) is 2.04. The van der Waals surface area contributed by atoms with Gasteiger partial charge in [0.2, 0.25) is 5.91 Å². The van der Waals surface area contributed by atoms with E-state index < -0.39 is 23.5 Å². The van der Waals surface area contributed by atoms with Gasteiger partial charge in [-0.3, -0.25) is 9.59 Å². The lowest BCUT2D eigenvalue weighted by atomic mass is 10.00. The van der Waals surface area contributed by atoms with Crippen molar-refractivity contribution in [2.75, 3.05) is 0 Å². The Balaban J connectivity index is 2.67. The first-order valence-electron chi connectivity index (χ1n) is 7.18. The summed E-state index contributed by atoms with van der Waals surface area (Å²) in [4.78, 5) is 23.1. The van der Waals surface area contributed by atoms with Crippen molar-refractivity contribution >= 4 is 11.8 Å². The van der Waals surface area contributed by atoms with Gasteiger partial charge in [0.25, 0.3) is 0 Å². The fraction of sp³-hybridized carbons (Fsp3) is 0.500. The summed E-state index contributed by atoms with van der Waals surface area (Å²) in [6.07, 6.45) is -4.48. The monoisotopic (exact) mass is 330 g/mol. The molecule has 0 aromatic heterocycles. The minimum atomic E-state index is -5.02. The van der Waals surface area contributed by atoms with Crippen LogP contribution >= 0.6 is 0 Å². The molecule has 128 valence electrons. The van der Waals surface area contributed by atoms with Gasteiger partial charge in [-0.05, 0) is 45.2 Å². The lowest BCUT2D eigenvalue weighted by Crippen LogP contribution is -2.58. The van der Waals surface area contributed by atoms with Gasteiger partial charge in [0, 0.05) is 6.04 Å². The summed E-state index contributed by atoms with van der Waals surface area (Å²) in [6.45, 7) is 6.16. The molecule has 2 N–H and O–H groups in total. The maximum absolute atomic E-state index is 12.3. The summed E-state index contributed by atoms with van der Waals surface area (Å²) >= 11 is 0. The number of halogens is 3. The Morgan fingerprint density at radius 1 is 1.13 bits per heavy atom. The number of hydrogen-bond acceptors (Lipinski definition) is 2. The Morgan fingerprint density at radius 3 is 2.22 bits per heavy atom. The van der Waals surface area contributed by atoms with Gasteiger partial charge in [-0.15, -0.1) is 0 Å². The van der Waals surface area contributed by atoms with Gasteiger partial charge < -0.3 is 10.6 Å². The number of carbonyl (C=O) groups excluding carboxylic acids is 2. The van der Waals surface area contributed by atoms with Crippen molar-refractivity contribution in [3.05, 3.63) is 35.4 Å². The topological polar surface area (TPSA) is 58.2 Å². The molecule has 1 aromatic carbocycles. The van der Waals surface area contributed by atoms with Gasteiger partial charge in [0.05, 0.1) is 0 Å². The molecule has 0 unspecified atom stereocenters. The molecule has 0 fully saturated rings. The van der Waals surface area contributed by atoms with E-state index in [0.29, 0.717) is 6.42 Å². The van der Waals surface area contributed by atoms with Crippen LogP contribution in [0.25, 0.3) is 0 Å². The van der Waals surface area contributed by atoms with Crippen LogP contribution in [0.15, 0.2) is 24.3 Å². The van der Waals surface area contributed by atoms with Gasteiger partial charge in [-0.2, -0.15) is 13.2 Å². The Hall–Kier alpha value is -2.05. The first-order valence-corrected chi connectivity index (χ1v) is 7.18. The van der Waals surface area contributed by atoms with Crippen LogP contribution in [0.5, 0.6) is 0 Å². The molecule has 0 heterocycles. The maximum Gasteiger partial charge on any atom is 0.471 e. The molecule has 1 rings (SSSR count). The van der Waals surface area contributed by atoms with E-state index in [9.17, 15) is 22.8 Å². The zero-order valence-corrected chi connectivity index (χ0v) is 13.5. The summed E-state index contributed by atoms with van der Waals surface area (Å²) in [5.74, 6) is -2.81. The summed E-state index contributed by atoms with van der Waals surface area (Å²) < 4.78 is 36.9. The molecule has 4 nitrogen and oxygen atoms in total. The number of benzene rings is 1. The third kappa shape index (κ3) is 5.58. The predicted molar refractivity (Wildman–Crippen MR) is 80.8 cm³/mol. The van der Waals surface area contributed by atoms with E-state index in [1.807, 2.05) is 31.2 Å². The summed E-state index contributed by atoms with van der Waals surface area (Å²) in [5, 5.41) is 4.33. The highest BCUT2D eigenvalue weighted by Crippen LogP contribution is 2.17. The van der Waals surface area contributed by atoms with Crippen LogP contribution < -0.4 is 10.6 Å². The zero-order valence-electron chi connectivity index (χ0n) is 13.5. The molecule has 0 saturated heterocycles. The van der Waals surface area contributed by atoms with E-state index in [1.165, 1.54) is 13.8 Å². The number of alkyl halides is 3. The number of aryl methyl sites for hydroxylation is 1. The van der Waals surface area contributed by atoms with Crippen molar-refractivity contribution in [1.29, 1.82) is 0 Å². The standard InChI is InChI=1S/C16H21F3N2O2/c1-10-7-5-6-8-12(10)9-11(2)20-13(22)15(3,4)21-14(23)16(17,18)19/h5-8,11H,9H2,1-4H3,(H,20,22)(H,21,23)/t11-/m0/s1. The molecule has 0 spiro atoms. The second-order valence-electron chi connectivity index (χ2n) is 6.08. The van der Waals surface area contributed by atoms with Crippen molar-refractivity contribution in [2.24, 2.45) is 0 Å². The molecular weight excluding hydrogens is 309 g/mol. The average Bonchev–Trinajstić information content (AvgIpc) is 2.39. The van der Waals surface area contributed by atoms with Crippen LogP contribution in [0.4, 0.5) is 13.2 Å². The van der Waals surface area contributed by atoms with Crippen molar-refractivity contribution < 1.29 is 22.8 Å². The molecule has 0 bridgehead atoms. The van der Waals surface area contributed by atoms with Gasteiger partial charge in [-0.1, -0.05) is 24.3 Å². The van der Waals surface area contributed by atoms with Gasteiger partial charge in [-0.25, -0.2) is 0 Å². The van der Waals surface area contributed by atoms with Crippen LogP contribution in [-0.4, -0.2) is 29.6 Å². The summed E-state index contributed by atoms with van der Waals surface area (Å²) in [7, 11) is 0. The largest absolute Gasteiger partial charge is 0.471 e.